The standard InChI is InChI=1S/C6H5B.C3H9N/c7-6-4-2-1-3-5-6;1-4(2)3/h1-5H;1-3H3. The highest BCUT2D eigenvalue weighted by molar-refractivity contribution is 6.32. The van der Waals surface area contributed by atoms with Gasteiger partial charge in [-0.25, -0.2) is 0 Å². The normalized spacial score (nSPS) is 8.73. The highest BCUT2D eigenvalue weighted by Crippen LogP contribution is 1.76. The maximum absolute atomic E-state index is 5.36. The van der Waals surface area contributed by atoms with Gasteiger partial charge in [0, 0.05) is 0 Å². The Hall–Kier alpha value is -0.755. The van der Waals surface area contributed by atoms with Crippen molar-refractivity contribution >= 4 is 13.3 Å². The first-order valence-electron chi connectivity index (χ1n) is 3.54. The molecule has 0 amide bonds. The quantitative estimate of drug-likeness (QED) is 0.487. The molecule has 58 valence electrons. The third-order valence-corrected chi connectivity index (χ3v) is 0.800. The van der Waals surface area contributed by atoms with E-state index in [4.69, 9.17) is 7.85 Å². The molecule has 0 atom stereocenters. The molecule has 0 bridgehead atoms. The van der Waals surface area contributed by atoms with E-state index >= 15 is 0 Å². The van der Waals surface area contributed by atoms with Crippen molar-refractivity contribution in [2.75, 3.05) is 21.1 Å². The van der Waals surface area contributed by atoms with Crippen LogP contribution in [-0.4, -0.2) is 33.9 Å². The van der Waals surface area contributed by atoms with Gasteiger partial charge in [0.05, 0.1) is 0 Å². The SMILES string of the molecule is CN(C)C.[B]c1ccccc1. The van der Waals surface area contributed by atoms with Crippen molar-refractivity contribution in [2.24, 2.45) is 0 Å². The lowest BCUT2D eigenvalue weighted by Crippen LogP contribution is -1.99. The molecule has 0 spiro atoms. The van der Waals surface area contributed by atoms with Gasteiger partial charge in [0.15, 0.2) is 0 Å². The summed E-state index contributed by atoms with van der Waals surface area (Å²) in [6, 6.07) is 9.49. The Kier molecular flexibility index (Phi) is 5.58. The molecule has 11 heavy (non-hydrogen) atoms. The van der Waals surface area contributed by atoms with Gasteiger partial charge in [-0.3, -0.25) is 0 Å². The number of hydrogen-bond acceptors (Lipinski definition) is 1. The fourth-order valence-corrected chi connectivity index (χ4v) is 0.453. The zero-order valence-corrected chi connectivity index (χ0v) is 7.41. The predicted molar refractivity (Wildman–Crippen MR) is 51.4 cm³/mol. The second-order valence-corrected chi connectivity index (χ2v) is 2.75. The van der Waals surface area contributed by atoms with Gasteiger partial charge in [-0.2, -0.15) is 0 Å². The number of nitrogens with zero attached hydrogens (tertiary/aromatic N) is 1. The Morgan fingerprint density at radius 2 is 1.36 bits per heavy atom. The Balaban J connectivity index is 0.000000218. The van der Waals surface area contributed by atoms with Gasteiger partial charge in [0.25, 0.3) is 0 Å². The van der Waals surface area contributed by atoms with Gasteiger partial charge < -0.3 is 4.90 Å². The lowest BCUT2D eigenvalue weighted by atomic mass is 9.97. The minimum atomic E-state index is 0.822. The molecular formula is C9H14BN. The van der Waals surface area contributed by atoms with Crippen molar-refractivity contribution in [3.05, 3.63) is 30.3 Å². The molecule has 1 nitrogen and oxygen atoms in total. The summed E-state index contributed by atoms with van der Waals surface area (Å²) in [7, 11) is 11.4. The van der Waals surface area contributed by atoms with Crippen molar-refractivity contribution in [1.82, 2.24) is 4.90 Å². The first-order chi connectivity index (χ1) is 5.13. The van der Waals surface area contributed by atoms with E-state index in [1.807, 2.05) is 56.4 Å². The van der Waals surface area contributed by atoms with Crippen LogP contribution in [0.3, 0.4) is 0 Å². The van der Waals surface area contributed by atoms with Crippen LogP contribution < -0.4 is 5.46 Å². The zero-order valence-electron chi connectivity index (χ0n) is 7.41. The number of rotatable bonds is 0. The Morgan fingerprint density at radius 3 is 1.55 bits per heavy atom. The average Bonchev–Trinajstić information content (AvgIpc) is 1.87. The van der Waals surface area contributed by atoms with Gasteiger partial charge in [0.2, 0.25) is 0 Å². The van der Waals surface area contributed by atoms with E-state index in [1.54, 1.807) is 0 Å². The van der Waals surface area contributed by atoms with Crippen LogP contribution in [0.4, 0.5) is 0 Å². The van der Waals surface area contributed by atoms with Gasteiger partial charge in [-0.15, -0.1) is 0 Å². The van der Waals surface area contributed by atoms with E-state index < -0.39 is 0 Å². The summed E-state index contributed by atoms with van der Waals surface area (Å²) < 4.78 is 0. The average molecular weight is 147 g/mol. The molecule has 0 N–H and O–H groups in total. The van der Waals surface area contributed by atoms with Crippen LogP contribution in [0.15, 0.2) is 30.3 Å². The summed E-state index contributed by atoms with van der Waals surface area (Å²) in [4.78, 5) is 2.00. The third-order valence-electron chi connectivity index (χ3n) is 0.800. The Labute approximate surface area is 70.4 Å². The molecule has 0 saturated carbocycles. The summed E-state index contributed by atoms with van der Waals surface area (Å²) in [5, 5.41) is 0. The van der Waals surface area contributed by atoms with Crippen LogP contribution in [-0.2, 0) is 0 Å². The van der Waals surface area contributed by atoms with E-state index in [9.17, 15) is 0 Å². The fourth-order valence-electron chi connectivity index (χ4n) is 0.453. The topological polar surface area (TPSA) is 3.24 Å². The summed E-state index contributed by atoms with van der Waals surface area (Å²) in [6.45, 7) is 0. The third kappa shape index (κ3) is 9.24. The van der Waals surface area contributed by atoms with Crippen LogP contribution in [0.1, 0.15) is 0 Å². The molecule has 0 unspecified atom stereocenters. The summed E-state index contributed by atoms with van der Waals surface area (Å²) in [5.74, 6) is 0. The summed E-state index contributed by atoms with van der Waals surface area (Å²) in [6.07, 6.45) is 0. The Bertz CT molecular complexity index is 169. The van der Waals surface area contributed by atoms with Crippen LogP contribution >= 0.6 is 0 Å². The van der Waals surface area contributed by atoms with E-state index in [2.05, 4.69) is 0 Å². The minimum Gasteiger partial charge on any atom is -0.312 e. The van der Waals surface area contributed by atoms with Gasteiger partial charge >= 0.3 is 0 Å². The summed E-state index contributed by atoms with van der Waals surface area (Å²) >= 11 is 0. The van der Waals surface area contributed by atoms with Crippen molar-refractivity contribution < 1.29 is 0 Å². The maximum atomic E-state index is 5.36. The molecule has 0 aromatic heterocycles. The van der Waals surface area contributed by atoms with Crippen LogP contribution in [0, 0.1) is 0 Å². The summed E-state index contributed by atoms with van der Waals surface area (Å²) in [5.41, 5.74) is 0.822. The van der Waals surface area contributed by atoms with Crippen molar-refractivity contribution in [3.8, 4) is 0 Å². The van der Waals surface area contributed by atoms with E-state index in [0.29, 0.717) is 0 Å². The lowest BCUT2D eigenvalue weighted by molar-refractivity contribution is 0.505. The molecular weight excluding hydrogens is 133 g/mol. The van der Waals surface area contributed by atoms with E-state index in [-0.39, 0.29) is 0 Å². The largest absolute Gasteiger partial charge is 0.312 e. The lowest BCUT2D eigenvalue weighted by Gasteiger charge is -1.90. The van der Waals surface area contributed by atoms with Gasteiger partial charge in [-0.1, -0.05) is 35.8 Å². The minimum absolute atomic E-state index is 0.822. The second kappa shape index (κ2) is 5.99. The molecule has 2 radical (unpaired) electrons. The molecule has 0 aliphatic rings. The van der Waals surface area contributed by atoms with E-state index in [1.165, 1.54) is 0 Å². The van der Waals surface area contributed by atoms with Crippen LogP contribution in [0.5, 0.6) is 0 Å². The molecule has 0 aliphatic carbocycles. The van der Waals surface area contributed by atoms with Gasteiger partial charge in [0.1, 0.15) is 7.85 Å². The van der Waals surface area contributed by atoms with Crippen LogP contribution in [0.2, 0.25) is 0 Å². The molecule has 0 aliphatic heterocycles. The molecule has 0 heterocycles. The molecule has 1 rings (SSSR count). The maximum Gasteiger partial charge on any atom is 0.113 e. The van der Waals surface area contributed by atoms with Crippen molar-refractivity contribution in [2.45, 2.75) is 0 Å². The highest BCUT2D eigenvalue weighted by Gasteiger charge is 1.71. The Morgan fingerprint density at radius 1 is 1.00 bits per heavy atom. The number of benzene rings is 1. The number of hydrogen-bond donors (Lipinski definition) is 0. The fraction of sp³-hybridized carbons (Fsp3) is 0.333. The smallest absolute Gasteiger partial charge is 0.113 e. The van der Waals surface area contributed by atoms with Crippen molar-refractivity contribution in [1.29, 1.82) is 0 Å². The van der Waals surface area contributed by atoms with E-state index in [0.717, 1.165) is 5.46 Å². The first kappa shape index (κ1) is 10.2. The zero-order chi connectivity index (χ0) is 8.69. The second-order valence-electron chi connectivity index (χ2n) is 2.75. The van der Waals surface area contributed by atoms with Gasteiger partial charge in [-0.05, 0) is 21.1 Å². The molecule has 2 heteroatoms. The first-order valence-corrected chi connectivity index (χ1v) is 3.54. The molecule has 0 saturated heterocycles. The predicted octanol–water partition coefficient (Wildman–Crippen LogP) is 0.658. The molecule has 1 aromatic rings. The highest BCUT2D eigenvalue weighted by atomic mass is 15.0. The van der Waals surface area contributed by atoms with Crippen LogP contribution in [0.25, 0.3) is 0 Å². The molecule has 0 fully saturated rings. The van der Waals surface area contributed by atoms with Crippen molar-refractivity contribution in [3.63, 3.8) is 0 Å². The molecule has 1 aromatic carbocycles. The monoisotopic (exact) mass is 147 g/mol.